The largest absolute Gasteiger partial charge is 0.508 e. The summed E-state index contributed by atoms with van der Waals surface area (Å²) in [6, 6.07) is 16.3. The molecule has 4 aliphatic heterocycles. The van der Waals surface area contributed by atoms with Gasteiger partial charge in [-0.2, -0.15) is 19.9 Å². The lowest BCUT2D eigenvalue weighted by atomic mass is 10.00. The van der Waals surface area contributed by atoms with Gasteiger partial charge in [0.15, 0.2) is 31.0 Å². The molecule has 0 radical (unpaired) electrons. The Morgan fingerprint density at radius 3 is 1.54 bits per heavy atom. The predicted molar refractivity (Wildman–Crippen MR) is 334 cm³/mol. The SMILES string of the molecule is CC(C)(C)OC(=O)N1C2CCC1CN(c1nc(OCC=O)nc3c(F)c(-c4cc(O)cc5cccc(Cl)c45)ncc13)C2.COCOc1cc(-c2ncc3c(N4CC5CCC(C4)N5C(=O)OC(C)(C)C)nc(OCC(OC)OC)nc3c2F)c2c(Cl)cccc2c1. The number of phenolic OH excluding ortho intramolecular Hbond substituents is 1. The minimum absolute atomic E-state index is 0.00352. The molecule has 4 aliphatic rings. The van der Waals surface area contributed by atoms with Gasteiger partial charge in [0, 0.05) is 91.8 Å². The summed E-state index contributed by atoms with van der Waals surface area (Å²) in [5.41, 5.74) is -0.584. The molecular formula is C64H68Cl2F2N10O12. The molecule has 8 heterocycles. The van der Waals surface area contributed by atoms with Crippen molar-refractivity contribution >= 4 is 96.7 Å². The number of carbonyl (C=O) groups excluding carboxylic acids is 3. The highest BCUT2D eigenvalue weighted by Gasteiger charge is 2.47. The van der Waals surface area contributed by atoms with Crippen LogP contribution in [0, 0.1) is 11.6 Å². The molecule has 90 heavy (non-hydrogen) atoms. The van der Waals surface area contributed by atoms with E-state index in [1.54, 1.807) is 47.5 Å². The highest BCUT2D eigenvalue weighted by Crippen LogP contribution is 2.44. The monoisotopic (exact) mass is 1280 g/mol. The maximum absolute atomic E-state index is 16.9. The molecule has 474 valence electrons. The van der Waals surface area contributed by atoms with E-state index in [9.17, 15) is 19.5 Å². The Bertz CT molecular complexity index is 4030. The summed E-state index contributed by atoms with van der Waals surface area (Å²) in [6.07, 6.45) is 5.42. The zero-order valence-electron chi connectivity index (χ0n) is 51.1. The van der Waals surface area contributed by atoms with Gasteiger partial charge in [0.05, 0.1) is 34.9 Å². The molecular weight excluding hydrogens is 1210 g/mol. The van der Waals surface area contributed by atoms with Crippen molar-refractivity contribution in [3.8, 4) is 46.0 Å². The third-order valence-electron chi connectivity index (χ3n) is 15.9. The Kier molecular flexibility index (Phi) is 18.2. The molecule has 12 rings (SSSR count). The van der Waals surface area contributed by atoms with Gasteiger partial charge in [0.25, 0.3) is 0 Å². The van der Waals surface area contributed by atoms with Crippen LogP contribution in [0.2, 0.25) is 10.0 Å². The number of aromatic hydroxyl groups is 1. The van der Waals surface area contributed by atoms with Gasteiger partial charge in [-0.05, 0) is 114 Å². The van der Waals surface area contributed by atoms with E-state index in [-0.39, 0.29) is 96.6 Å². The van der Waals surface area contributed by atoms with E-state index in [1.807, 2.05) is 74.4 Å². The van der Waals surface area contributed by atoms with Gasteiger partial charge in [-0.1, -0.05) is 47.5 Å². The number of hydrogen-bond acceptors (Lipinski definition) is 20. The predicted octanol–water partition coefficient (Wildman–Crippen LogP) is 11.7. The zero-order chi connectivity index (χ0) is 63.9. The second kappa shape index (κ2) is 25.9. The van der Waals surface area contributed by atoms with Gasteiger partial charge < -0.3 is 52.8 Å². The van der Waals surface area contributed by atoms with Crippen molar-refractivity contribution < 1.29 is 66.2 Å². The summed E-state index contributed by atoms with van der Waals surface area (Å²) >= 11 is 13.2. The summed E-state index contributed by atoms with van der Waals surface area (Å²) in [5, 5.41) is 14.4. The van der Waals surface area contributed by atoms with Crippen molar-refractivity contribution in [3.63, 3.8) is 0 Å². The van der Waals surface area contributed by atoms with Crippen molar-refractivity contribution in [2.45, 2.75) is 109 Å². The van der Waals surface area contributed by atoms with E-state index in [0.717, 1.165) is 31.1 Å². The van der Waals surface area contributed by atoms with Crippen molar-refractivity contribution in [1.29, 1.82) is 0 Å². The number of piperazine rings is 2. The first-order chi connectivity index (χ1) is 43.0. The van der Waals surface area contributed by atoms with Crippen LogP contribution in [0.3, 0.4) is 0 Å². The highest BCUT2D eigenvalue weighted by molar-refractivity contribution is 6.37. The summed E-state index contributed by atoms with van der Waals surface area (Å²) in [6.45, 7) is 12.5. The molecule has 0 saturated carbocycles. The smallest absolute Gasteiger partial charge is 0.410 e. The molecule has 4 bridgehead atoms. The summed E-state index contributed by atoms with van der Waals surface area (Å²) < 4.78 is 77.4. The summed E-state index contributed by atoms with van der Waals surface area (Å²) in [5.74, 6) is -0.221. The van der Waals surface area contributed by atoms with Gasteiger partial charge in [-0.25, -0.2) is 18.4 Å². The number of methoxy groups -OCH3 is 3. The number of pyridine rings is 2. The maximum Gasteiger partial charge on any atom is 0.410 e. The Labute approximate surface area is 527 Å². The topological polar surface area (TPSA) is 236 Å². The standard InChI is InChI=1S/C34H39ClFN5O7.C30H29ClFN5O5/c1-34(2,3)48-33(42)41-20-10-11-21(41)16-40(15-20)31-24-14-37-29(28(36)30(24)38-32(39-31)46-17-26(44-5)45-6)23-13-22(47-18-43-4)12-19-8-7-9-25(35)27(19)23;1-30(2,3)42-29(40)37-17-7-8-18(37)15-36(14-17)27-21-13-33-25(24(32)26(21)34-28(35-27)41-10-9-38)20-12-19(39)11-16-5-4-6-22(31)23(16)20/h7-9,12-14,20-21,26H,10-11,15-18H2,1-6H3;4-6,9,11-13,17-18,39H,7-8,10,14-15H2,1-3H3. The van der Waals surface area contributed by atoms with Crippen molar-refractivity contribution in [1.82, 2.24) is 39.7 Å². The third kappa shape index (κ3) is 13.0. The molecule has 26 heteroatoms. The Hall–Kier alpha value is -8.29. The van der Waals surface area contributed by atoms with Crippen LogP contribution in [0.15, 0.2) is 73.1 Å². The number of aromatic nitrogens is 6. The lowest BCUT2D eigenvalue weighted by molar-refractivity contribution is -0.123. The van der Waals surface area contributed by atoms with Crippen LogP contribution in [-0.4, -0.2) is 172 Å². The van der Waals surface area contributed by atoms with Gasteiger partial charge in [0.2, 0.25) is 0 Å². The molecule has 4 atom stereocenters. The first kappa shape index (κ1) is 63.3. The molecule has 4 saturated heterocycles. The highest BCUT2D eigenvalue weighted by atomic mass is 35.5. The average Bonchev–Trinajstić information content (AvgIpc) is 0.964. The Morgan fingerprint density at radius 2 is 1.10 bits per heavy atom. The average molecular weight is 1280 g/mol. The van der Waals surface area contributed by atoms with Crippen LogP contribution in [-0.2, 0) is 28.5 Å². The molecule has 0 spiro atoms. The first-order valence-electron chi connectivity index (χ1n) is 29.3. The van der Waals surface area contributed by atoms with E-state index in [1.165, 1.54) is 33.6 Å². The number of nitrogens with zero attached hydrogens (tertiary/aromatic N) is 10. The van der Waals surface area contributed by atoms with E-state index in [0.29, 0.717) is 98.0 Å². The first-order valence-corrected chi connectivity index (χ1v) is 30.1. The summed E-state index contributed by atoms with van der Waals surface area (Å²) in [4.78, 5) is 72.0. The number of aldehydes is 1. The maximum atomic E-state index is 16.9. The van der Waals surface area contributed by atoms with E-state index >= 15 is 8.78 Å². The molecule has 4 fully saturated rings. The number of hydrogen-bond donors (Lipinski definition) is 1. The van der Waals surface area contributed by atoms with Gasteiger partial charge in [-0.3, -0.25) is 24.6 Å². The third-order valence-corrected chi connectivity index (χ3v) is 16.5. The van der Waals surface area contributed by atoms with E-state index in [4.69, 9.17) is 66.1 Å². The van der Waals surface area contributed by atoms with Gasteiger partial charge in [-0.15, -0.1) is 0 Å². The summed E-state index contributed by atoms with van der Waals surface area (Å²) in [7, 11) is 4.49. The fraction of sp³-hybridized carbons (Fsp3) is 0.422. The number of fused-ring (bicyclic) bond motifs is 8. The lowest BCUT2D eigenvalue weighted by Gasteiger charge is -2.42. The fourth-order valence-corrected chi connectivity index (χ4v) is 12.8. The van der Waals surface area contributed by atoms with Crippen LogP contribution in [0.5, 0.6) is 23.5 Å². The van der Waals surface area contributed by atoms with Crippen LogP contribution in [0.1, 0.15) is 67.2 Å². The van der Waals surface area contributed by atoms with Crippen LogP contribution in [0.25, 0.3) is 65.9 Å². The van der Waals surface area contributed by atoms with Gasteiger partial charge >= 0.3 is 24.2 Å². The van der Waals surface area contributed by atoms with Crippen molar-refractivity contribution in [3.05, 3.63) is 94.7 Å². The number of amides is 2. The second-order valence-corrected chi connectivity index (χ2v) is 25.1. The minimum atomic E-state index is -0.755. The molecule has 4 aromatic heterocycles. The number of anilines is 2. The molecule has 0 aliphatic carbocycles. The minimum Gasteiger partial charge on any atom is -0.508 e. The van der Waals surface area contributed by atoms with Crippen LogP contribution >= 0.6 is 23.2 Å². The molecule has 2 amide bonds. The number of carbonyl (C=O) groups is 3. The number of benzene rings is 4. The molecule has 8 aromatic rings. The lowest BCUT2D eigenvalue weighted by Crippen LogP contribution is -2.57. The normalized spacial score (nSPS) is 18.2. The van der Waals surface area contributed by atoms with Gasteiger partial charge in [0.1, 0.15) is 70.0 Å². The zero-order valence-corrected chi connectivity index (χ0v) is 52.6. The molecule has 4 unspecified atom stereocenters. The fourth-order valence-electron chi connectivity index (χ4n) is 12.2. The second-order valence-electron chi connectivity index (χ2n) is 24.3. The number of ether oxygens (including phenoxy) is 8. The van der Waals surface area contributed by atoms with Crippen LogP contribution in [0.4, 0.5) is 30.0 Å². The molecule has 1 N–H and O–H groups in total. The number of phenols is 1. The quantitative estimate of drug-likeness (QED) is 0.0742. The number of halogens is 4. The van der Waals surface area contributed by atoms with Crippen molar-refractivity contribution in [2.24, 2.45) is 0 Å². The van der Waals surface area contributed by atoms with Crippen LogP contribution < -0.4 is 24.0 Å². The number of rotatable bonds is 15. The van der Waals surface area contributed by atoms with E-state index < -0.39 is 29.1 Å². The Balaban J connectivity index is 0.000000187. The Morgan fingerprint density at radius 1 is 0.644 bits per heavy atom. The van der Waals surface area contributed by atoms with E-state index in [2.05, 4.69) is 24.9 Å². The molecule has 4 aromatic carbocycles. The molecule has 22 nitrogen and oxygen atoms in total. The van der Waals surface area contributed by atoms with Crippen molar-refractivity contribution in [2.75, 3.05) is 77.3 Å².